The molecule has 1 aromatic rings. The van der Waals surface area contributed by atoms with Crippen LogP contribution < -0.4 is 5.32 Å². The summed E-state index contributed by atoms with van der Waals surface area (Å²) in [6, 6.07) is 0. The molecule has 2 N–H and O–H groups in total. The van der Waals surface area contributed by atoms with Crippen LogP contribution in [0.4, 0.5) is 10.2 Å². The van der Waals surface area contributed by atoms with Crippen LogP contribution in [0.15, 0.2) is 6.33 Å². The number of rotatable bonds is 4. The molecule has 1 aliphatic carbocycles. The molecular weight excluding hydrogens is 249 g/mol. The lowest BCUT2D eigenvalue weighted by molar-refractivity contribution is -0.138. The van der Waals surface area contributed by atoms with E-state index in [4.69, 9.17) is 5.11 Å². The van der Waals surface area contributed by atoms with Crippen LogP contribution in [0.2, 0.25) is 0 Å². The van der Waals surface area contributed by atoms with Crippen molar-refractivity contribution in [3.8, 4) is 0 Å². The van der Waals surface area contributed by atoms with Crippen molar-refractivity contribution in [1.29, 1.82) is 0 Å². The van der Waals surface area contributed by atoms with Gasteiger partial charge in [0.15, 0.2) is 11.6 Å². The molecule has 0 saturated heterocycles. The predicted molar refractivity (Wildman–Crippen MR) is 68.4 cm³/mol. The number of hydrogen-bond donors (Lipinski definition) is 2. The van der Waals surface area contributed by atoms with E-state index in [-0.39, 0.29) is 17.9 Å². The summed E-state index contributed by atoms with van der Waals surface area (Å²) in [5.41, 5.74) is -0.329. The van der Waals surface area contributed by atoms with Gasteiger partial charge in [-0.25, -0.2) is 14.4 Å². The van der Waals surface area contributed by atoms with Gasteiger partial charge in [-0.3, -0.25) is 4.79 Å². The second kappa shape index (κ2) is 5.50. The van der Waals surface area contributed by atoms with E-state index >= 15 is 0 Å². The minimum absolute atomic E-state index is 0.0184. The normalized spacial score (nSPS) is 18.0. The van der Waals surface area contributed by atoms with E-state index in [2.05, 4.69) is 15.3 Å². The number of hydrogen-bond acceptors (Lipinski definition) is 4. The number of carboxylic acids is 1. The standard InChI is InChI=1S/C13H18FN3O2/c1-9-11(14)12(16-8-15-9)17-13(7-10(18)19)5-3-2-4-6-13/h8H,2-7H2,1H3,(H,18,19)(H,15,16,17). The molecule has 1 saturated carbocycles. The van der Waals surface area contributed by atoms with Crippen molar-refractivity contribution in [3.05, 3.63) is 17.8 Å². The summed E-state index contributed by atoms with van der Waals surface area (Å²) in [6.45, 7) is 1.56. The summed E-state index contributed by atoms with van der Waals surface area (Å²) < 4.78 is 13.9. The molecule has 6 heteroatoms. The molecule has 0 aliphatic heterocycles. The Morgan fingerprint density at radius 3 is 2.74 bits per heavy atom. The minimum atomic E-state index is -0.874. The number of aromatic nitrogens is 2. The SMILES string of the molecule is Cc1ncnc(NC2(CC(=O)O)CCCCC2)c1F. The Kier molecular flexibility index (Phi) is 3.97. The van der Waals surface area contributed by atoms with Gasteiger partial charge in [0.1, 0.15) is 6.33 Å². The van der Waals surface area contributed by atoms with Gasteiger partial charge in [-0.2, -0.15) is 0 Å². The predicted octanol–water partition coefficient (Wildman–Crippen LogP) is 2.51. The van der Waals surface area contributed by atoms with Gasteiger partial charge >= 0.3 is 5.97 Å². The van der Waals surface area contributed by atoms with Gasteiger partial charge in [0.25, 0.3) is 0 Å². The highest BCUT2D eigenvalue weighted by molar-refractivity contribution is 5.69. The molecule has 0 unspecified atom stereocenters. The lowest BCUT2D eigenvalue weighted by Gasteiger charge is -2.37. The summed E-state index contributed by atoms with van der Waals surface area (Å²) in [5, 5.41) is 12.1. The Morgan fingerprint density at radius 1 is 1.42 bits per heavy atom. The first-order chi connectivity index (χ1) is 9.02. The van der Waals surface area contributed by atoms with Crippen molar-refractivity contribution in [2.75, 3.05) is 5.32 Å². The van der Waals surface area contributed by atoms with Crippen molar-refractivity contribution < 1.29 is 14.3 Å². The molecule has 0 spiro atoms. The third-order valence-corrected chi connectivity index (χ3v) is 3.65. The van der Waals surface area contributed by atoms with Gasteiger partial charge < -0.3 is 10.4 Å². The first kappa shape index (κ1) is 13.7. The van der Waals surface area contributed by atoms with E-state index in [9.17, 15) is 9.18 Å². The van der Waals surface area contributed by atoms with Crippen molar-refractivity contribution in [2.45, 2.75) is 51.0 Å². The zero-order chi connectivity index (χ0) is 13.9. The number of carbonyl (C=O) groups is 1. The van der Waals surface area contributed by atoms with Crippen LogP contribution in [0.3, 0.4) is 0 Å². The van der Waals surface area contributed by atoms with Crippen LogP contribution in [0.25, 0.3) is 0 Å². The van der Waals surface area contributed by atoms with E-state index in [0.29, 0.717) is 0 Å². The third-order valence-electron chi connectivity index (χ3n) is 3.65. The van der Waals surface area contributed by atoms with Gasteiger partial charge in [0.05, 0.1) is 12.1 Å². The molecule has 0 aromatic carbocycles. The third kappa shape index (κ3) is 3.19. The van der Waals surface area contributed by atoms with E-state index in [1.165, 1.54) is 6.33 Å². The van der Waals surface area contributed by atoms with Crippen molar-refractivity contribution in [2.24, 2.45) is 0 Å². The largest absolute Gasteiger partial charge is 0.481 e. The second-order valence-electron chi connectivity index (χ2n) is 5.16. The van der Waals surface area contributed by atoms with Crippen LogP contribution in [0.1, 0.15) is 44.2 Å². The smallest absolute Gasteiger partial charge is 0.305 e. The summed E-state index contributed by atoms with van der Waals surface area (Å²) >= 11 is 0. The van der Waals surface area contributed by atoms with E-state index in [1.807, 2.05) is 0 Å². The van der Waals surface area contributed by atoms with Gasteiger partial charge in [-0.15, -0.1) is 0 Å². The molecule has 1 heterocycles. The molecule has 1 aromatic heterocycles. The van der Waals surface area contributed by atoms with Gasteiger partial charge in [-0.05, 0) is 19.8 Å². The lowest BCUT2D eigenvalue weighted by Crippen LogP contribution is -2.43. The molecule has 19 heavy (non-hydrogen) atoms. The highest BCUT2D eigenvalue weighted by atomic mass is 19.1. The Labute approximate surface area is 111 Å². The summed E-state index contributed by atoms with van der Waals surface area (Å²) in [5.74, 6) is -1.27. The average Bonchev–Trinajstić information content (AvgIpc) is 2.35. The summed E-state index contributed by atoms with van der Waals surface area (Å²) in [4.78, 5) is 18.7. The Balaban J connectivity index is 2.24. The zero-order valence-corrected chi connectivity index (χ0v) is 10.9. The number of anilines is 1. The molecule has 1 fully saturated rings. The van der Waals surface area contributed by atoms with Gasteiger partial charge in [0.2, 0.25) is 0 Å². The fraction of sp³-hybridized carbons (Fsp3) is 0.615. The monoisotopic (exact) mass is 267 g/mol. The molecule has 5 nitrogen and oxygen atoms in total. The van der Waals surface area contributed by atoms with Crippen molar-refractivity contribution in [1.82, 2.24) is 9.97 Å². The van der Waals surface area contributed by atoms with Crippen LogP contribution in [0.5, 0.6) is 0 Å². The van der Waals surface area contributed by atoms with Gasteiger partial charge in [-0.1, -0.05) is 19.3 Å². The summed E-state index contributed by atoms with van der Waals surface area (Å²) in [7, 11) is 0. The molecule has 0 atom stereocenters. The van der Waals surface area contributed by atoms with Crippen molar-refractivity contribution in [3.63, 3.8) is 0 Å². The molecule has 2 rings (SSSR count). The highest BCUT2D eigenvalue weighted by Crippen LogP contribution is 2.34. The topological polar surface area (TPSA) is 75.1 Å². The molecule has 0 bridgehead atoms. The Bertz CT molecular complexity index is 473. The number of aliphatic carboxylic acids is 1. The molecule has 104 valence electrons. The minimum Gasteiger partial charge on any atom is -0.481 e. The maximum absolute atomic E-state index is 13.9. The van der Waals surface area contributed by atoms with E-state index in [1.54, 1.807) is 6.92 Å². The van der Waals surface area contributed by atoms with Crippen molar-refractivity contribution >= 4 is 11.8 Å². The van der Waals surface area contributed by atoms with E-state index < -0.39 is 17.3 Å². The van der Waals surface area contributed by atoms with Crippen LogP contribution in [-0.2, 0) is 4.79 Å². The van der Waals surface area contributed by atoms with Crippen LogP contribution in [0, 0.1) is 12.7 Å². The fourth-order valence-corrected chi connectivity index (χ4v) is 2.66. The highest BCUT2D eigenvalue weighted by Gasteiger charge is 2.35. The Morgan fingerprint density at radius 2 is 2.11 bits per heavy atom. The maximum Gasteiger partial charge on any atom is 0.305 e. The number of halogens is 1. The number of nitrogens with zero attached hydrogens (tertiary/aromatic N) is 2. The quantitative estimate of drug-likeness (QED) is 0.876. The number of carboxylic acid groups (broad SMARTS) is 1. The molecule has 0 radical (unpaired) electrons. The van der Waals surface area contributed by atoms with Gasteiger partial charge in [0, 0.05) is 5.54 Å². The van der Waals surface area contributed by atoms with Crippen LogP contribution in [-0.4, -0.2) is 26.6 Å². The molecule has 1 aliphatic rings. The molecule has 0 amide bonds. The molecular formula is C13H18FN3O2. The maximum atomic E-state index is 13.9. The Hall–Kier alpha value is -1.72. The zero-order valence-electron chi connectivity index (χ0n) is 10.9. The lowest BCUT2D eigenvalue weighted by atomic mass is 9.79. The average molecular weight is 267 g/mol. The number of aryl methyl sites for hydroxylation is 1. The van der Waals surface area contributed by atoms with E-state index in [0.717, 1.165) is 32.1 Å². The van der Waals surface area contributed by atoms with Crippen LogP contribution >= 0.6 is 0 Å². The first-order valence-corrected chi connectivity index (χ1v) is 6.49. The number of nitrogens with one attached hydrogen (secondary N) is 1. The summed E-state index contributed by atoms with van der Waals surface area (Å²) in [6.07, 6.45) is 5.71. The second-order valence-corrected chi connectivity index (χ2v) is 5.16. The fourth-order valence-electron chi connectivity index (χ4n) is 2.66. The first-order valence-electron chi connectivity index (χ1n) is 6.49.